The molecule has 2 heterocycles. The number of carbonyl (C=O) groups excluding carboxylic acids is 1. The van der Waals surface area contributed by atoms with E-state index >= 15 is 0 Å². The molecule has 1 aromatic heterocycles. The van der Waals surface area contributed by atoms with E-state index in [9.17, 15) is 9.90 Å². The van der Waals surface area contributed by atoms with Crippen molar-refractivity contribution >= 4 is 5.91 Å². The van der Waals surface area contributed by atoms with Gasteiger partial charge in [0.25, 0.3) is 0 Å². The van der Waals surface area contributed by atoms with Crippen LogP contribution in [-0.2, 0) is 11.3 Å². The van der Waals surface area contributed by atoms with Crippen molar-refractivity contribution in [3.63, 3.8) is 0 Å². The van der Waals surface area contributed by atoms with E-state index in [1.165, 1.54) is 0 Å². The Bertz CT molecular complexity index is 454. The molecule has 1 aliphatic rings. The van der Waals surface area contributed by atoms with Crippen molar-refractivity contribution in [2.45, 2.75) is 46.3 Å². The summed E-state index contributed by atoms with van der Waals surface area (Å²) in [6, 6.07) is 2.02. The molecule has 0 spiro atoms. The highest BCUT2D eigenvalue weighted by Crippen LogP contribution is 2.20. The second kappa shape index (κ2) is 5.74. The molecular formula is C14H23N3O2. The van der Waals surface area contributed by atoms with Crippen molar-refractivity contribution < 1.29 is 9.90 Å². The van der Waals surface area contributed by atoms with E-state index in [1.807, 2.05) is 29.5 Å². The predicted octanol–water partition coefficient (Wildman–Crippen LogP) is 1.12. The molecule has 0 saturated carbocycles. The van der Waals surface area contributed by atoms with E-state index in [1.54, 1.807) is 6.92 Å². The van der Waals surface area contributed by atoms with Gasteiger partial charge in [0.05, 0.1) is 11.8 Å². The second-order valence-corrected chi connectivity index (χ2v) is 5.53. The average Bonchev–Trinajstić information content (AvgIpc) is 2.93. The van der Waals surface area contributed by atoms with E-state index in [-0.39, 0.29) is 17.9 Å². The number of aliphatic hydroxyl groups excluding tert-OH is 1. The van der Waals surface area contributed by atoms with Crippen LogP contribution in [0.4, 0.5) is 0 Å². The summed E-state index contributed by atoms with van der Waals surface area (Å²) in [5.41, 5.74) is 2.08. The summed E-state index contributed by atoms with van der Waals surface area (Å²) in [5.74, 6) is 0.397. The van der Waals surface area contributed by atoms with Crippen LogP contribution in [0.2, 0.25) is 0 Å². The van der Waals surface area contributed by atoms with Crippen molar-refractivity contribution in [2.75, 3.05) is 13.1 Å². The average molecular weight is 265 g/mol. The number of aryl methyl sites for hydroxylation is 3. The van der Waals surface area contributed by atoms with Gasteiger partial charge in [0.15, 0.2) is 0 Å². The number of aliphatic hydroxyl groups is 1. The summed E-state index contributed by atoms with van der Waals surface area (Å²) in [4.78, 5) is 14.0. The second-order valence-electron chi connectivity index (χ2n) is 5.53. The maximum Gasteiger partial charge on any atom is 0.224 e. The largest absolute Gasteiger partial charge is 0.393 e. The van der Waals surface area contributed by atoms with Gasteiger partial charge >= 0.3 is 0 Å². The van der Waals surface area contributed by atoms with Crippen molar-refractivity contribution in [1.29, 1.82) is 0 Å². The first-order valence-corrected chi connectivity index (χ1v) is 6.94. The highest BCUT2D eigenvalue weighted by atomic mass is 16.3. The maximum atomic E-state index is 12.1. The summed E-state index contributed by atoms with van der Waals surface area (Å²) < 4.78 is 1.88. The fraction of sp³-hybridized carbons (Fsp3) is 0.714. The predicted molar refractivity (Wildman–Crippen MR) is 72.7 cm³/mol. The number of likely N-dealkylation sites (tertiary alicyclic amines) is 1. The molecule has 1 aliphatic heterocycles. The quantitative estimate of drug-likeness (QED) is 0.887. The van der Waals surface area contributed by atoms with Crippen LogP contribution in [0.25, 0.3) is 0 Å². The zero-order chi connectivity index (χ0) is 14.0. The lowest BCUT2D eigenvalue weighted by Crippen LogP contribution is -2.31. The first kappa shape index (κ1) is 14.1. The Morgan fingerprint density at radius 3 is 2.84 bits per heavy atom. The lowest BCUT2D eigenvalue weighted by Gasteiger charge is -2.18. The Morgan fingerprint density at radius 1 is 1.58 bits per heavy atom. The molecule has 1 aromatic rings. The zero-order valence-electron chi connectivity index (χ0n) is 12.0. The SMILES string of the molecule is Cc1cc(C)n(CCC(=O)N2CCC(C(C)O)C2)n1. The van der Waals surface area contributed by atoms with E-state index in [0.29, 0.717) is 19.5 Å². The zero-order valence-corrected chi connectivity index (χ0v) is 12.0. The number of rotatable bonds is 4. The van der Waals surface area contributed by atoms with Gasteiger partial charge in [0, 0.05) is 37.7 Å². The van der Waals surface area contributed by atoms with Crippen molar-refractivity contribution in [3.8, 4) is 0 Å². The van der Waals surface area contributed by atoms with Crippen LogP contribution < -0.4 is 0 Å². The fourth-order valence-electron chi connectivity index (χ4n) is 2.67. The van der Waals surface area contributed by atoms with Gasteiger partial charge in [-0.05, 0) is 33.3 Å². The molecule has 19 heavy (non-hydrogen) atoms. The lowest BCUT2D eigenvalue weighted by molar-refractivity contribution is -0.130. The monoisotopic (exact) mass is 265 g/mol. The molecule has 0 radical (unpaired) electrons. The van der Waals surface area contributed by atoms with Gasteiger partial charge in [-0.1, -0.05) is 0 Å². The lowest BCUT2D eigenvalue weighted by atomic mass is 10.0. The summed E-state index contributed by atoms with van der Waals surface area (Å²) in [6.07, 6.45) is 1.06. The molecule has 5 heteroatoms. The van der Waals surface area contributed by atoms with E-state index < -0.39 is 0 Å². The van der Waals surface area contributed by atoms with Crippen molar-refractivity contribution in [2.24, 2.45) is 5.92 Å². The number of hydrogen-bond donors (Lipinski definition) is 1. The standard InChI is InChI=1S/C14H23N3O2/c1-10-8-11(2)17(15-10)7-5-14(19)16-6-4-13(9-16)12(3)18/h8,12-13,18H,4-7,9H2,1-3H3. The van der Waals surface area contributed by atoms with Crippen LogP contribution >= 0.6 is 0 Å². The molecule has 0 aliphatic carbocycles. The molecule has 2 unspecified atom stereocenters. The minimum absolute atomic E-state index is 0.163. The van der Waals surface area contributed by atoms with Crippen LogP contribution in [-0.4, -0.2) is 44.9 Å². The number of amides is 1. The van der Waals surface area contributed by atoms with E-state index in [4.69, 9.17) is 0 Å². The van der Waals surface area contributed by atoms with Gasteiger partial charge in [-0.15, -0.1) is 0 Å². The molecule has 2 atom stereocenters. The molecule has 0 aromatic carbocycles. The molecule has 5 nitrogen and oxygen atoms in total. The third kappa shape index (κ3) is 3.35. The van der Waals surface area contributed by atoms with E-state index in [2.05, 4.69) is 5.10 Å². The molecular weight excluding hydrogens is 242 g/mol. The fourth-order valence-corrected chi connectivity index (χ4v) is 2.67. The minimum Gasteiger partial charge on any atom is -0.393 e. The number of carbonyl (C=O) groups is 1. The van der Waals surface area contributed by atoms with Gasteiger partial charge in [0.1, 0.15) is 0 Å². The van der Waals surface area contributed by atoms with Crippen LogP contribution in [0.1, 0.15) is 31.2 Å². The van der Waals surface area contributed by atoms with Gasteiger partial charge in [-0.2, -0.15) is 5.10 Å². The van der Waals surface area contributed by atoms with Crippen molar-refractivity contribution in [1.82, 2.24) is 14.7 Å². The van der Waals surface area contributed by atoms with Crippen LogP contribution in [0.15, 0.2) is 6.07 Å². The third-order valence-electron chi connectivity index (χ3n) is 3.90. The first-order valence-electron chi connectivity index (χ1n) is 6.94. The number of nitrogens with zero attached hydrogens (tertiary/aromatic N) is 3. The number of hydrogen-bond acceptors (Lipinski definition) is 3. The molecule has 106 valence electrons. The Balaban J connectivity index is 1.84. The molecule has 2 rings (SSSR count). The molecule has 1 fully saturated rings. The Hall–Kier alpha value is -1.36. The minimum atomic E-state index is -0.325. The highest BCUT2D eigenvalue weighted by Gasteiger charge is 2.28. The normalized spacial score (nSPS) is 20.8. The Morgan fingerprint density at radius 2 is 2.32 bits per heavy atom. The number of aromatic nitrogens is 2. The molecule has 1 saturated heterocycles. The molecule has 0 bridgehead atoms. The maximum absolute atomic E-state index is 12.1. The van der Waals surface area contributed by atoms with Crippen molar-refractivity contribution in [3.05, 3.63) is 17.5 Å². The van der Waals surface area contributed by atoms with Gasteiger partial charge in [-0.3, -0.25) is 9.48 Å². The van der Waals surface area contributed by atoms with Gasteiger partial charge in [-0.25, -0.2) is 0 Å². The Labute approximate surface area is 114 Å². The van der Waals surface area contributed by atoms with Crippen LogP contribution in [0.3, 0.4) is 0 Å². The highest BCUT2D eigenvalue weighted by molar-refractivity contribution is 5.76. The van der Waals surface area contributed by atoms with Gasteiger partial charge in [0.2, 0.25) is 5.91 Å². The summed E-state index contributed by atoms with van der Waals surface area (Å²) >= 11 is 0. The topological polar surface area (TPSA) is 58.4 Å². The Kier molecular flexibility index (Phi) is 4.24. The smallest absolute Gasteiger partial charge is 0.224 e. The van der Waals surface area contributed by atoms with E-state index in [0.717, 1.165) is 24.4 Å². The summed E-state index contributed by atoms with van der Waals surface area (Å²) in [5, 5.41) is 13.9. The van der Waals surface area contributed by atoms with Crippen LogP contribution in [0.5, 0.6) is 0 Å². The summed E-state index contributed by atoms with van der Waals surface area (Å²) in [7, 11) is 0. The summed E-state index contributed by atoms with van der Waals surface area (Å²) in [6.45, 7) is 7.85. The molecule has 1 amide bonds. The van der Waals surface area contributed by atoms with Gasteiger partial charge < -0.3 is 10.0 Å². The molecule has 1 N–H and O–H groups in total. The van der Waals surface area contributed by atoms with Crippen LogP contribution in [0, 0.1) is 19.8 Å². The first-order chi connectivity index (χ1) is 8.97. The third-order valence-corrected chi connectivity index (χ3v) is 3.90.